The van der Waals surface area contributed by atoms with Crippen LogP contribution in [0.3, 0.4) is 0 Å². The van der Waals surface area contributed by atoms with Crippen LogP contribution in [0.4, 0.5) is 5.69 Å². The number of ether oxygens (including phenoxy) is 1. The minimum Gasteiger partial charge on any atom is -0.505 e. The molecule has 1 aliphatic heterocycles. The first kappa shape index (κ1) is 24.4. The van der Waals surface area contributed by atoms with Gasteiger partial charge in [0.1, 0.15) is 21.9 Å². The van der Waals surface area contributed by atoms with Gasteiger partial charge in [0.25, 0.3) is 21.5 Å². The molecule has 184 valence electrons. The molecule has 13 heteroatoms. The zero-order valence-corrected chi connectivity index (χ0v) is 20.5. The summed E-state index contributed by atoms with van der Waals surface area (Å²) >= 11 is 1.32. The molecule has 0 saturated heterocycles. The number of amides is 1. The Morgan fingerprint density at radius 3 is 2.74 bits per heavy atom. The number of hydrogen-bond donors (Lipinski definition) is 3. The normalized spacial score (nSPS) is 14.2. The molecule has 0 bridgehead atoms. The van der Waals surface area contributed by atoms with Crippen molar-refractivity contribution in [3.05, 3.63) is 51.6 Å². The van der Waals surface area contributed by atoms with Crippen LogP contribution < -0.4 is 20.8 Å². The molecule has 0 atom stereocenters. The number of hydrogen-bond acceptors (Lipinski definition) is 9. The number of carbonyl (C=O) groups excluding carboxylic acids is 1. The van der Waals surface area contributed by atoms with E-state index in [1.165, 1.54) is 34.2 Å². The highest BCUT2D eigenvalue weighted by Crippen LogP contribution is 2.35. The van der Waals surface area contributed by atoms with Crippen molar-refractivity contribution in [3.8, 4) is 22.1 Å². The van der Waals surface area contributed by atoms with Crippen molar-refractivity contribution in [1.82, 2.24) is 14.5 Å². The van der Waals surface area contributed by atoms with E-state index in [0.29, 0.717) is 11.3 Å². The van der Waals surface area contributed by atoms with Crippen LogP contribution in [0.5, 0.6) is 11.5 Å². The van der Waals surface area contributed by atoms with Crippen molar-refractivity contribution in [2.45, 2.75) is 31.7 Å². The number of primary amides is 1. The Kier molecular flexibility index (Phi) is 6.63. The number of fused-ring (bicyclic) bond motifs is 1. The Bertz CT molecular complexity index is 1480. The van der Waals surface area contributed by atoms with Crippen LogP contribution in [0.25, 0.3) is 10.6 Å². The average Bonchev–Trinajstić information content (AvgIpc) is 3.31. The summed E-state index contributed by atoms with van der Waals surface area (Å²) in [6.07, 6.45) is 0.649. The van der Waals surface area contributed by atoms with Crippen molar-refractivity contribution >= 4 is 38.8 Å². The fraction of sp³-hybridized carbons (Fsp3) is 0.273. The molecule has 3 heterocycles. The summed E-state index contributed by atoms with van der Waals surface area (Å²) in [7, 11) is -4.19. The molecule has 2 aromatic heterocycles. The number of amidine groups is 1. The predicted molar refractivity (Wildman–Crippen MR) is 131 cm³/mol. The molecule has 3 aromatic rings. The SMILES string of the molecule is CC(C)CCn1nc(-c2cccs2)c(O)c(C2=Nc3ccc(OCC(N)=O)cc3S(=O)(=O)N2)c1=O. The van der Waals surface area contributed by atoms with E-state index in [2.05, 4.69) is 14.8 Å². The second kappa shape index (κ2) is 9.50. The lowest BCUT2D eigenvalue weighted by Gasteiger charge is -2.20. The molecule has 4 rings (SSSR count). The predicted octanol–water partition coefficient (Wildman–Crippen LogP) is 1.96. The Morgan fingerprint density at radius 1 is 1.31 bits per heavy atom. The van der Waals surface area contributed by atoms with Crippen molar-refractivity contribution in [3.63, 3.8) is 0 Å². The highest BCUT2D eigenvalue weighted by molar-refractivity contribution is 7.90. The van der Waals surface area contributed by atoms with E-state index in [9.17, 15) is 23.1 Å². The third-order valence-electron chi connectivity index (χ3n) is 5.10. The van der Waals surface area contributed by atoms with Crippen LogP contribution in [0.2, 0.25) is 0 Å². The maximum absolute atomic E-state index is 13.3. The molecule has 11 nitrogen and oxygen atoms in total. The van der Waals surface area contributed by atoms with Gasteiger partial charge in [0.2, 0.25) is 0 Å². The summed E-state index contributed by atoms with van der Waals surface area (Å²) in [6.45, 7) is 3.86. The number of nitrogens with two attached hydrogens (primary N) is 1. The maximum atomic E-state index is 13.3. The van der Waals surface area contributed by atoms with E-state index < -0.39 is 33.8 Å². The number of benzene rings is 1. The zero-order valence-electron chi connectivity index (χ0n) is 18.9. The number of nitrogens with zero attached hydrogens (tertiary/aromatic N) is 3. The summed E-state index contributed by atoms with van der Waals surface area (Å²) < 4.78 is 34.8. The summed E-state index contributed by atoms with van der Waals surface area (Å²) in [5, 5.41) is 17.2. The molecular weight excluding hydrogens is 494 g/mol. The van der Waals surface area contributed by atoms with Gasteiger partial charge in [-0.15, -0.1) is 11.3 Å². The number of rotatable bonds is 8. The molecule has 0 unspecified atom stereocenters. The number of sulfonamides is 1. The summed E-state index contributed by atoms with van der Waals surface area (Å²) in [6, 6.07) is 7.52. The van der Waals surface area contributed by atoms with Crippen LogP contribution in [0.15, 0.2) is 50.4 Å². The van der Waals surface area contributed by atoms with Gasteiger partial charge in [-0.05, 0) is 35.9 Å². The molecule has 0 radical (unpaired) electrons. The molecule has 1 aromatic carbocycles. The third-order valence-corrected chi connectivity index (χ3v) is 7.35. The topological polar surface area (TPSA) is 166 Å². The van der Waals surface area contributed by atoms with Gasteiger partial charge in [-0.3, -0.25) is 14.3 Å². The highest BCUT2D eigenvalue weighted by atomic mass is 32.2. The molecular formula is C22H23N5O6S2. The largest absolute Gasteiger partial charge is 0.505 e. The first-order chi connectivity index (χ1) is 16.6. The number of carbonyl (C=O) groups is 1. The summed E-state index contributed by atoms with van der Waals surface area (Å²) in [4.78, 5) is 29.0. The molecule has 1 aliphatic rings. The van der Waals surface area contributed by atoms with E-state index in [0.717, 1.165) is 0 Å². The lowest BCUT2D eigenvalue weighted by Crippen LogP contribution is -2.39. The summed E-state index contributed by atoms with van der Waals surface area (Å²) in [5.41, 5.74) is 4.28. The van der Waals surface area contributed by atoms with Crippen LogP contribution in [0, 0.1) is 5.92 Å². The number of aryl methyl sites for hydroxylation is 1. The zero-order chi connectivity index (χ0) is 25.3. The summed E-state index contributed by atoms with van der Waals surface area (Å²) in [5.74, 6) is -1.11. The van der Waals surface area contributed by atoms with Crippen molar-refractivity contribution in [2.75, 3.05) is 6.61 Å². The van der Waals surface area contributed by atoms with Gasteiger partial charge in [-0.2, -0.15) is 5.10 Å². The van der Waals surface area contributed by atoms with E-state index in [-0.39, 0.29) is 45.9 Å². The van der Waals surface area contributed by atoms with Crippen LogP contribution in [0.1, 0.15) is 25.8 Å². The number of aromatic nitrogens is 2. The molecule has 4 N–H and O–H groups in total. The fourth-order valence-electron chi connectivity index (χ4n) is 3.37. The molecule has 1 amide bonds. The Balaban J connectivity index is 1.86. The minimum absolute atomic E-state index is 0.0344. The van der Waals surface area contributed by atoms with Crippen LogP contribution in [-0.2, 0) is 21.4 Å². The van der Waals surface area contributed by atoms with Gasteiger partial charge >= 0.3 is 0 Å². The first-order valence-corrected chi connectivity index (χ1v) is 13.0. The van der Waals surface area contributed by atoms with Crippen LogP contribution >= 0.6 is 11.3 Å². The van der Waals surface area contributed by atoms with Gasteiger partial charge in [0, 0.05) is 12.6 Å². The Hall–Kier alpha value is -3.71. The van der Waals surface area contributed by atoms with Gasteiger partial charge in [0.05, 0.1) is 10.6 Å². The number of thiophene rings is 1. The van der Waals surface area contributed by atoms with Gasteiger partial charge in [-0.25, -0.2) is 18.1 Å². The van der Waals surface area contributed by atoms with Crippen LogP contribution in [-0.4, -0.2) is 41.7 Å². The third kappa shape index (κ3) is 5.05. The molecule has 0 fully saturated rings. The highest BCUT2D eigenvalue weighted by Gasteiger charge is 2.31. The maximum Gasteiger partial charge on any atom is 0.281 e. The monoisotopic (exact) mass is 517 g/mol. The minimum atomic E-state index is -4.19. The first-order valence-electron chi connectivity index (χ1n) is 10.6. The van der Waals surface area contributed by atoms with Gasteiger partial charge in [0.15, 0.2) is 18.2 Å². The van der Waals surface area contributed by atoms with E-state index in [4.69, 9.17) is 10.5 Å². The smallest absolute Gasteiger partial charge is 0.281 e. The fourth-order valence-corrected chi connectivity index (χ4v) is 5.25. The molecule has 35 heavy (non-hydrogen) atoms. The second-order valence-corrected chi connectivity index (χ2v) is 10.8. The van der Waals surface area contributed by atoms with Gasteiger partial charge < -0.3 is 15.6 Å². The number of nitrogens with one attached hydrogen (secondary N) is 1. The number of aliphatic imine (C=N–C) groups is 1. The standard InChI is InChI=1S/C22H23N5O6S2/c1-12(2)7-8-27-22(30)18(20(29)19(25-27)15-4-3-9-34-15)21-24-14-6-5-13(33-11-17(23)28)10-16(14)35(31,32)26-21/h3-6,9-10,12,29H,7-8,11H2,1-2H3,(H2,23,28)(H,24,26). The Labute approximate surface area is 204 Å². The van der Waals surface area contributed by atoms with E-state index in [1.54, 1.807) is 17.5 Å². The van der Waals surface area contributed by atoms with Crippen molar-refractivity contribution < 1.29 is 23.1 Å². The van der Waals surface area contributed by atoms with Crippen molar-refractivity contribution in [1.29, 1.82) is 0 Å². The quantitative estimate of drug-likeness (QED) is 0.411. The van der Waals surface area contributed by atoms with Crippen molar-refractivity contribution in [2.24, 2.45) is 16.6 Å². The molecule has 0 saturated carbocycles. The van der Waals surface area contributed by atoms with Gasteiger partial charge in [-0.1, -0.05) is 19.9 Å². The Morgan fingerprint density at radius 2 is 2.09 bits per heavy atom. The van der Waals surface area contributed by atoms with E-state index >= 15 is 0 Å². The average molecular weight is 518 g/mol. The lowest BCUT2D eigenvalue weighted by molar-refractivity contribution is -0.119. The number of aromatic hydroxyl groups is 1. The molecule has 0 spiro atoms. The second-order valence-electron chi connectivity index (χ2n) is 8.21. The molecule has 0 aliphatic carbocycles. The van der Waals surface area contributed by atoms with E-state index in [1.807, 2.05) is 13.8 Å². The lowest BCUT2D eigenvalue weighted by atomic mass is 10.1.